The van der Waals surface area contributed by atoms with Crippen LogP contribution in [-0.2, 0) is 9.53 Å². The van der Waals surface area contributed by atoms with Crippen molar-refractivity contribution in [1.29, 1.82) is 0 Å². The standard InChI is InChI=1S/C12H15NO4S/c1-6-5-18-10(12(15)16)9(6)13-11(14)8-3-7(2)17-4-8/h5,7-8H,3-4H2,1-2H3,(H,13,14)(H,15,16). The Labute approximate surface area is 109 Å². The second-order valence-corrected chi connectivity index (χ2v) is 5.37. The fourth-order valence-electron chi connectivity index (χ4n) is 1.98. The van der Waals surface area contributed by atoms with Gasteiger partial charge in [0.1, 0.15) is 4.88 Å². The van der Waals surface area contributed by atoms with Crippen LogP contribution in [0.5, 0.6) is 0 Å². The van der Waals surface area contributed by atoms with Crippen LogP contribution in [0.15, 0.2) is 5.38 Å². The van der Waals surface area contributed by atoms with E-state index in [0.29, 0.717) is 18.7 Å². The lowest BCUT2D eigenvalue weighted by atomic mass is 10.1. The zero-order valence-electron chi connectivity index (χ0n) is 10.2. The van der Waals surface area contributed by atoms with Gasteiger partial charge in [0.15, 0.2) is 0 Å². The van der Waals surface area contributed by atoms with Crippen LogP contribution in [0.3, 0.4) is 0 Å². The van der Waals surface area contributed by atoms with Gasteiger partial charge in [-0.1, -0.05) is 0 Å². The fourth-order valence-corrected chi connectivity index (χ4v) is 2.83. The number of carbonyl (C=O) groups is 2. The molecular weight excluding hydrogens is 254 g/mol. The van der Waals surface area contributed by atoms with Crippen LogP contribution in [0.25, 0.3) is 0 Å². The van der Waals surface area contributed by atoms with Gasteiger partial charge in [-0.25, -0.2) is 4.79 Å². The van der Waals surface area contributed by atoms with E-state index in [1.54, 1.807) is 12.3 Å². The Morgan fingerprint density at radius 3 is 2.83 bits per heavy atom. The highest BCUT2D eigenvalue weighted by Gasteiger charge is 2.29. The van der Waals surface area contributed by atoms with Crippen molar-refractivity contribution in [2.75, 3.05) is 11.9 Å². The lowest BCUT2D eigenvalue weighted by Crippen LogP contribution is -2.24. The maximum absolute atomic E-state index is 12.0. The number of nitrogens with one attached hydrogen (secondary N) is 1. The van der Waals surface area contributed by atoms with E-state index in [-0.39, 0.29) is 22.8 Å². The predicted molar refractivity (Wildman–Crippen MR) is 68.2 cm³/mol. The first-order valence-corrected chi connectivity index (χ1v) is 6.61. The second kappa shape index (κ2) is 5.07. The number of carboxylic acids is 1. The number of ether oxygens (including phenoxy) is 1. The Morgan fingerprint density at radius 1 is 1.56 bits per heavy atom. The molecule has 1 saturated heterocycles. The number of rotatable bonds is 3. The molecule has 2 heterocycles. The quantitative estimate of drug-likeness (QED) is 0.881. The minimum Gasteiger partial charge on any atom is -0.477 e. The van der Waals surface area contributed by atoms with Gasteiger partial charge >= 0.3 is 5.97 Å². The molecule has 2 N–H and O–H groups in total. The first-order valence-electron chi connectivity index (χ1n) is 5.73. The molecule has 5 nitrogen and oxygen atoms in total. The van der Waals surface area contributed by atoms with E-state index in [1.807, 2.05) is 6.92 Å². The van der Waals surface area contributed by atoms with Crippen molar-refractivity contribution < 1.29 is 19.4 Å². The molecule has 1 aliphatic rings. The molecule has 0 aromatic carbocycles. The topological polar surface area (TPSA) is 75.6 Å². The van der Waals surface area contributed by atoms with E-state index in [9.17, 15) is 9.59 Å². The van der Waals surface area contributed by atoms with Crippen LogP contribution in [0.1, 0.15) is 28.6 Å². The maximum atomic E-state index is 12.0. The average molecular weight is 269 g/mol. The van der Waals surface area contributed by atoms with Gasteiger partial charge < -0.3 is 15.2 Å². The summed E-state index contributed by atoms with van der Waals surface area (Å²) in [5.74, 6) is -1.37. The first kappa shape index (κ1) is 13.0. The Bertz CT molecular complexity index is 482. The molecule has 0 spiro atoms. The molecule has 1 amide bonds. The molecule has 2 rings (SSSR count). The Balaban J connectivity index is 2.12. The third-order valence-electron chi connectivity index (χ3n) is 2.99. The highest BCUT2D eigenvalue weighted by Crippen LogP contribution is 2.29. The number of aromatic carboxylic acids is 1. The van der Waals surface area contributed by atoms with E-state index in [1.165, 1.54) is 0 Å². The third kappa shape index (κ3) is 2.54. The number of thiophene rings is 1. The summed E-state index contributed by atoms with van der Waals surface area (Å²) in [4.78, 5) is 23.2. The van der Waals surface area contributed by atoms with E-state index in [4.69, 9.17) is 9.84 Å². The van der Waals surface area contributed by atoms with Gasteiger partial charge in [0.25, 0.3) is 0 Å². The molecule has 2 atom stereocenters. The smallest absolute Gasteiger partial charge is 0.348 e. The Hall–Kier alpha value is -1.40. The summed E-state index contributed by atoms with van der Waals surface area (Å²) < 4.78 is 5.34. The summed E-state index contributed by atoms with van der Waals surface area (Å²) in [5, 5.41) is 13.5. The number of hydrogen-bond donors (Lipinski definition) is 2. The highest BCUT2D eigenvalue weighted by atomic mass is 32.1. The van der Waals surface area contributed by atoms with Gasteiger partial charge in [0, 0.05) is 0 Å². The molecule has 1 aromatic heterocycles. The van der Waals surface area contributed by atoms with Crippen molar-refractivity contribution in [3.8, 4) is 0 Å². The van der Waals surface area contributed by atoms with E-state index in [2.05, 4.69) is 5.32 Å². The SMILES string of the molecule is Cc1csc(C(=O)O)c1NC(=O)C1COC(C)C1. The summed E-state index contributed by atoms with van der Waals surface area (Å²) in [7, 11) is 0. The molecular formula is C12H15NO4S. The predicted octanol–water partition coefficient (Wildman–Crippen LogP) is 2.12. The minimum atomic E-state index is -1.01. The van der Waals surface area contributed by atoms with E-state index >= 15 is 0 Å². The summed E-state index contributed by atoms with van der Waals surface area (Å²) in [5.41, 5.74) is 1.19. The number of aryl methyl sites for hydroxylation is 1. The summed E-state index contributed by atoms with van der Waals surface area (Å²) in [6, 6.07) is 0. The molecule has 1 aromatic rings. The number of carbonyl (C=O) groups excluding carboxylic acids is 1. The largest absolute Gasteiger partial charge is 0.477 e. The van der Waals surface area contributed by atoms with Gasteiger partial charge in [-0.2, -0.15) is 0 Å². The van der Waals surface area contributed by atoms with Crippen molar-refractivity contribution in [1.82, 2.24) is 0 Å². The molecule has 1 fully saturated rings. The zero-order valence-corrected chi connectivity index (χ0v) is 11.0. The summed E-state index contributed by atoms with van der Waals surface area (Å²) in [6.45, 7) is 4.11. The number of amides is 1. The molecule has 6 heteroatoms. The van der Waals surface area contributed by atoms with Crippen molar-refractivity contribution in [3.63, 3.8) is 0 Å². The Morgan fingerprint density at radius 2 is 2.28 bits per heavy atom. The monoisotopic (exact) mass is 269 g/mol. The summed E-state index contributed by atoms with van der Waals surface area (Å²) >= 11 is 1.12. The highest BCUT2D eigenvalue weighted by molar-refractivity contribution is 7.12. The van der Waals surface area contributed by atoms with E-state index in [0.717, 1.165) is 16.9 Å². The van der Waals surface area contributed by atoms with Crippen LogP contribution in [0.4, 0.5) is 5.69 Å². The second-order valence-electron chi connectivity index (χ2n) is 4.49. The molecule has 98 valence electrons. The molecule has 1 aliphatic heterocycles. The zero-order chi connectivity index (χ0) is 13.3. The van der Waals surface area contributed by atoms with Gasteiger partial charge in [-0.05, 0) is 31.2 Å². The van der Waals surface area contributed by atoms with Gasteiger partial charge in [0.2, 0.25) is 5.91 Å². The molecule has 18 heavy (non-hydrogen) atoms. The van der Waals surface area contributed by atoms with Crippen LogP contribution in [0, 0.1) is 12.8 Å². The van der Waals surface area contributed by atoms with Gasteiger partial charge in [-0.3, -0.25) is 4.79 Å². The van der Waals surface area contributed by atoms with Crippen LogP contribution in [0.2, 0.25) is 0 Å². The minimum absolute atomic E-state index is 0.0864. The van der Waals surface area contributed by atoms with Crippen molar-refractivity contribution in [2.45, 2.75) is 26.4 Å². The van der Waals surface area contributed by atoms with Gasteiger partial charge in [-0.15, -0.1) is 11.3 Å². The summed E-state index contributed by atoms with van der Waals surface area (Å²) in [6.07, 6.45) is 0.764. The van der Waals surface area contributed by atoms with Crippen molar-refractivity contribution in [2.24, 2.45) is 5.92 Å². The molecule has 0 saturated carbocycles. The number of hydrogen-bond acceptors (Lipinski definition) is 4. The average Bonchev–Trinajstić information content (AvgIpc) is 2.87. The van der Waals surface area contributed by atoms with Crippen molar-refractivity contribution in [3.05, 3.63) is 15.8 Å². The fraction of sp³-hybridized carbons (Fsp3) is 0.500. The maximum Gasteiger partial charge on any atom is 0.348 e. The normalized spacial score (nSPS) is 23.0. The Kier molecular flexibility index (Phi) is 3.68. The van der Waals surface area contributed by atoms with E-state index < -0.39 is 5.97 Å². The van der Waals surface area contributed by atoms with Crippen LogP contribution < -0.4 is 5.32 Å². The molecule has 0 radical (unpaired) electrons. The number of anilines is 1. The molecule has 0 bridgehead atoms. The third-order valence-corrected chi connectivity index (χ3v) is 4.07. The van der Waals surface area contributed by atoms with Gasteiger partial charge in [0.05, 0.1) is 24.3 Å². The lowest BCUT2D eigenvalue weighted by molar-refractivity contribution is -0.119. The lowest BCUT2D eigenvalue weighted by Gasteiger charge is -2.10. The molecule has 2 unspecified atom stereocenters. The van der Waals surface area contributed by atoms with Crippen LogP contribution >= 0.6 is 11.3 Å². The molecule has 0 aliphatic carbocycles. The van der Waals surface area contributed by atoms with Crippen LogP contribution in [-0.4, -0.2) is 29.7 Å². The number of carboxylic acid groups (broad SMARTS) is 1. The van der Waals surface area contributed by atoms with Crippen molar-refractivity contribution >= 4 is 28.9 Å². The first-order chi connectivity index (χ1) is 8.49.